The Balaban J connectivity index is 1.49. The largest absolute Gasteiger partial charge is 0.340 e. The minimum atomic E-state index is -3.74. The molecule has 0 bridgehead atoms. The van der Waals surface area contributed by atoms with E-state index in [0.29, 0.717) is 48.5 Å². The third-order valence-electron chi connectivity index (χ3n) is 5.52. The van der Waals surface area contributed by atoms with Gasteiger partial charge in [0.25, 0.3) is 0 Å². The number of rotatable bonds is 5. The van der Waals surface area contributed by atoms with Gasteiger partial charge in [-0.05, 0) is 50.6 Å². The lowest BCUT2D eigenvalue weighted by atomic mass is 10.2. The lowest BCUT2D eigenvalue weighted by Gasteiger charge is -2.34. The van der Waals surface area contributed by atoms with Gasteiger partial charge in [0, 0.05) is 48.6 Å². The van der Waals surface area contributed by atoms with Crippen molar-refractivity contribution in [2.24, 2.45) is 0 Å². The van der Waals surface area contributed by atoms with Crippen LogP contribution in [0.5, 0.6) is 0 Å². The van der Waals surface area contributed by atoms with Gasteiger partial charge in [0.15, 0.2) is 0 Å². The van der Waals surface area contributed by atoms with E-state index >= 15 is 0 Å². The van der Waals surface area contributed by atoms with Gasteiger partial charge in [-0.25, -0.2) is 13.4 Å². The minimum absolute atomic E-state index is 0.0795. The first-order valence-electron chi connectivity index (χ1n) is 10.5. The first-order chi connectivity index (χ1) is 15.6. The topological polar surface area (TPSA) is 78.4 Å². The monoisotopic (exact) mass is 505 g/mol. The third kappa shape index (κ3) is 5.24. The fourth-order valence-electron chi connectivity index (χ4n) is 3.64. The summed E-state index contributed by atoms with van der Waals surface area (Å²) >= 11 is 12.3. The molecule has 1 fully saturated rings. The van der Waals surface area contributed by atoms with Crippen LogP contribution in [0.3, 0.4) is 0 Å². The predicted molar refractivity (Wildman–Crippen MR) is 133 cm³/mol. The molecule has 1 aliphatic rings. The molecule has 1 saturated heterocycles. The summed E-state index contributed by atoms with van der Waals surface area (Å²) in [6.07, 6.45) is 0. The van der Waals surface area contributed by atoms with Gasteiger partial charge in [-0.15, -0.1) is 0 Å². The van der Waals surface area contributed by atoms with Gasteiger partial charge in [0.2, 0.25) is 16.0 Å². The number of halogens is 2. The van der Waals surface area contributed by atoms with E-state index in [2.05, 4.69) is 15.3 Å². The SMILES string of the molecule is Cc1ccc(Nc2cc(C)nc(N3CCN(S(=O)(=O)c4cc(C)c(Cl)cc4Cl)CC3)n2)cc1. The van der Waals surface area contributed by atoms with Crippen LogP contribution >= 0.6 is 23.2 Å². The Bertz CT molecular complexity index is 1270. The maximum atomic E-state index is 13.2. The Hall–Kier alpha value is -2.39. The number of benzene rings is 2. The molecule has 0 atom stereocenters. The van der Waals surface area contributed by atoms with Crippen LogP contribution in [0.15, 0.2) is 47.4 Å². The molecule has 7 nitrogen and oxygen atoms in total. The summed E-state index contributed by atoms with van der Waals surface area (Å²) in [5.74, 6) is 1.27. The second kappa shape index (κ2) is 9.46. The fourth-order valence-corrected chi connectivity index (χ4v) is 5.87. The standard InChI is InChI=1S/C23H25Cl2N5O2S/c1-15-4-6-18(7-5-15)27-22-13-17(3)26-23(28-22)29-8-10-30(11-9-29)33(31,32)21-12-16(2)19(24)14-20(21)25/h4-7,12-14H,8-11H2,1-3H3,(H,26,27,28). The van der Waals surface area contributed by atoms with Crippen LogP contribution in [0.2, 0.25) is 10.0 Å². The maximum absolute atomic E-state index is 13.2. The highest BCUT2D eigenvalue weighted by Gasteiger charge is 2.31. The van der Waals surface area contributed by atoms with E-state index in [1.807, 2.05) is 49.1 Å². The van der Waals surface area contributed by atoms with Crippen LogP contribution in [0.4, 0.5) is 17.5 Å². The summed E-state index contributed by atoms with van der Waals surface area (Å²) < 4.78 is 27.8. The lowest BCUT2D eigenvalue weighted by Crippen LogP contribution is -2.49. The van der Waals surface area contributed by atoms with E-state index in [-0.39, 0.29) is 9.92 Å². The van der Waals surface area contributed by atoms with E-state index < -0.39 is 10.0 Å². The Morgan fingerprint density at radius 3 is 2.21 bits per heavy atom. The molecule has 33 heavy (non-hydrogen) atoms. The van der Waals surface area contributed by atoms with Crippen molar-refractivity contribution in [1.82, 2.24) is 14.3 Å². The van der Waals surface area contributed by atoms with E-state index in [9.17, 15) is 8.42 Å². The van der Waals surface area contributed by atoms with Crippen molar-refractivity contribution in [2.75, 3.05) is 36.4 Å². The normalized spacial score (nSPS) is 15.0. The van der Waals surface area contributed by atoms with Crippen LogP contribution in [-0.2, 0) is 10.0 Å². The number of anilines is 3. The molecule has 1 aromatic heterocycles. The van der Waals surface area contributed by atoms with Crippen molar-refractivity contribution in [1.29, 1.82) is 0 Å². The first kappa shape index (κ1) is 23.8. The van der Waals surface area contributed by atoms with Crippen molar-refractivity contribution in [3.63, 3.8) is 0 Å². The molecule has 2 aromatic carbocycles. The number of nitrogens with one attached hydrogen (secondary N) is 1. The molecule has 3 aromatic rings. The first-order valence-corrected chi connectivity index (χ1v) is 12.7. The van der Waals surface area contributed by atoms with E-state index in [1.54, 1.807) is 6.92 Å². The number of nitrogens with zero attached hydrogens (tertiary/aromatic N) is 4. The summed E-state index contributed by atoms with van der Waals surface area (Å²) in [5, 5.41) is 3.88. The number of aryl methyl sites for hydroxylation is 3. The second-order valence-corrected chi connectivity index (χ2v) is 10.8. The van der Waals surface area contributed by atoms with Crippen LogP contribution in [0.1, 0.15) is 16.8 Å². The van der Waals surface area contributed by atoms with Gasteiger partial charge >= 0.3 is 0 Å². The quantitative estimate of drug-likeness (QED) is 0.527. The fraction of sp³-hybridized carbons (Fsp3) is 0.304. The van der Waals surface area contributed by atoms with E-state index in [0.717, 1.165) is 11.4 Å². The molecule has 0 unspecified atom stereocenters. The highest BCUT2D eigenvalue weighted by Crippen LogP contribution is 2.31. The number of aromatic nitrogens is 2. The molecular weight excluding hydrogens is 481 g/mol. The van der Waals surface area contributed by atoms with Crippen molar-refractivity contribution < 1.29 is 8.42 Å². The zero-order valence-electron chi connectivity index (χ0n) is 18.6. The Morgan fingerprint density at radius 2 is 1.55 bits per heavy atom. The molecule has 0 aliphatic carbocycles. The van der Waals surface area contributed by atoms with Crippen molar-refractivity contribution in [2.45, 2.75) is 25.7 Å². The Kier molecular flexibility index (Phi) is 6.81. The molecule has 0 radical (unpaired) electrons. The smallest absolute Gasteiger partial charge is 0.244 e. The molecule has 1 aliphatic heterocycles. The van der Waals surface area contributed by atoms with Gasteiger partial charge in [0.1, 0.15) is 10.7 Å². The molecular formula is C23H25Cl2N5O2S. The summed E-state index contributed by atoms with van der Waals surface area (Å²) in [6.45, 7) is 7.26. The number of sulfonamides is 1. The van der Waals surface area contributed by atoms with Crippen LogP contribution in [0.25, 0.3) is 0 Å². The maximum Gasteiger partial charge on any atom is 0.244 e. The summed E-state index contributed by atoms with van der Waals surface area (Å²) in [5.41, 5.74) is 3.62. The zero-order valence-corrected chi connectivity index (χ0v) is 21.0. The number of hydrogen-bond acceptors (Lipinski definition) is 6. The van der Waals surface area contributed by atoms with Crippen LogP contribution in [0, 0.1) is 20.8 Å². The van der Waals surface area contributed by atoms with Crippen molar-refractivity contribution in [3.8, 4) is 0 Å². The molecule has 2 heterocycles. The molecule has 0 saturated carbocycles. The van der Waals surface area contributed by atoms with Crippen molar-refractivity contribution in [3.05, 3.63) is 69.3 Å². The summed E-state index contributed by atoms with van der Waals surface area (Å²) in [7, 11) is -3.74. The van der Waals surface area contributed by atoms with Crippen LogP contribution < -0.4 is 10.2 Å². The lowest BCUT2D eigenvalue weighted by molar-refractivity contribution is 0.382. The molecule has 1 N–H and O–H groups in total. The average molecular weight is 506 g/mol. The van der Waals surface area contributed by atoms with E-state index in [4.69, 9.17) is 23.2 Å². The zero-order chi connectivity index (χ0) is 23.8. The van der Waals surface area contributed by atoms with Crippen LogP contribution in [-0.4, -0.2) is 48.9 Å². The van der Waals surface area contributed by atoms with Gasteiger partial charge in [0.05, 0.1) is 5.02 Å². The second-order valence-electron chi connectivity index (χ2n) is 8.11. The van der Waals surface area contributed by atoms with Gasteiger partial charge < -0.3 is 10.2 Å². The highest BCUT2D eigenvalue weighted by atomic mass is 35.5. The predicted octanol–water partition coefficient (Wildman–Crippen LogP) is 4.96. The molecule has 0 amide bonds. The highest BCUT2D eigenvalue weighted by molar-refractivity contribution is 7.89. The number of hydrogen-bond donors (Lipinski definition) is 1. The molecule has 174 valence electrons. The Labute approximate surface area is 204 Å². The minimum Gasteiger partial charge on any atom is -0.340 e. The van der Waals surface area contributed by atoms with Gasteiger partial charge in [-0.1, -0.05) is 40.9 Å². The van der Waals surface area contributed by atoms with Gasteiger partial charge in [-0.2, -0.15) is 9.29 Å². The van der Waals surface area contributed by atoms with E-state index in [1.165, 1.54) is 22.0 Å². The van der Waals surface area contributed by atoms with Crippen molar-refractivity contribution >= 4 is 50.7 Å². The molecule has 0 spiro atoms. The third-order valence-corrected chi connectivity index (χ3v) is 8.29. The average Bonchev–Trinajstić information content (AvgIpc) is 2.77. The molecule has 4 rings (SSSR count). The summed E-state index contributed by atoms with van der Waals surface area (Å²) in [6, 6.07) is 13.0. The number of piperazine rings is 1. The van der Waals surface area contributed by atoms with Gasteiger partial charge in [-0.3, -0.25) is 0 Å². The molecule has 10 heteroatoms. The Morgan fingerprint density at radius 1 is 0.879 bits per heavy atom. The summed E-state index contributed by atoms with van der Waals surface area (Å²) in [4.78, 5) is 11.3.